The number of benzene rings is 15. The van der Waals surface area contributed by atoms with Gasteiger partial charge in [0, 0.05) is 33.5 Å². The van der Waals surface area contributed by atoms with Gasteiger partial charge in [0.1, 0.15) is 0 Å². The molecule has 1 heterocycles. The molecule has 16 aromatic rings. The number of anilines is 3. The van der Waals surface area contributed by atoms with Crippen LogP contribution in [0.2, 0.25) is 0 Å². The highest BCUT2D eigenvalue weighted by Crippen LogP contribution is 2.60. The van der Waals surface area contributed by atoms with Crippen LogP contribution in [-0.2, 0) is 10.8 Å². The highest BCUT2D eigenvalue weighted by molar-refractivity contribution is 6.22. The second kappa shape index (κ2) is 20.5. The molecule has 0 saturated carbocycles. The summed E-state index contributed by atoms with van der Waals surface area (Å²) >= 11 is 0. The third-order valence-electron chi connectivity index (χ3n) is 19.7. The van der Waals surface area contributed by atoms with Crippen molar-refractivity contribution >= 4 is 60.4 Å². The van der Waals surface area contributed by atoms with E-state index in [-0.39, 0.29) is 0 Å². The summed E-state index contributed by atoms with van der Waals surface area (Å²) in [5.74, 6) is 0. The van der Waals surface area contributed by atoms with E-state index in [0.717, 1.165) is 22.7 Å². The molecule has 2 aliphatic carbocycles. The Morgan fingerprint density at radius 3 is 1.03 bits per heavy atom. The predicted octanol–water partition coefficient (Wildman–Crippen LogP) is 22.6. The highest BCUT2D eigenvalue weighted by atomic mass is 15.1. The van der Waals surface area contributed by atoms with Crippen LogP contribution in [-0.4, -0.2) is 4.57 Å². The Hall–Kier alpha value is -11.6. The van der Waals surface area contributed by atoms with Crippen LogP contribution in [0.5, 0.6) is 0 Å². The van der Waals surface area contributed by atoms with Crippen LogP contribution >= 0.6 is 0 Å². The SMILES string of the molecule is c1ccc(N(c2ccc(-n3c4ccccc4c4ccccc43)cc2)c2ccc3c(-c4ccc5c(c4)C(c4ccccc4)(c4ccccc4)c4ccccc4-5)c4ccccc4c(-c4ccc5c(c4)C(c4ccccc4)(c4ccccc4)c4ccccc4-5)c3c2)cc1. The maximum Gasteiger partial charge on any atom is 0.0713 e. The monoisotopic (exact) mass is 1140 g/mol. The maximum absolute atomic E-state index is 2.55. The van der Waals surface area contributed by atoms with Crippen LogP contribution in [0.25, 0.3) is 93.5 Å². The van der Waals surface area contributed by atoms with Crippen LogP contribution in [0.1, 0.15) is 44.5 Å². The minimum absolute atomic E-state index is 0.567. The van der Waals surface area contributed by atoms with E-state index < -0.39 is 10.8 Å². The van der Waals surface area contributed by atoms with Gasteiger partial charge in [0.2, 0.25) is 0 Å². The molecule has 420 valence electrons. The number of rotatable bonds is 10. The summed E-state index contributed by atoms with van der Waals surface area (Å²) in [4.78, 5) is 2.43. The molecule has 0 atom stereocenters. The maximum atomic E-state index is 2.55. The van der Waals surface area contributed by atoms with Crippen molar-refractivity contribution in [2.75, 3.05) is 4.90 Å². The molecule has 2 heteroatoms. The van der Waals surface area contributed by atoms with Crippen molar-refractivity contribution in [3.63, 3.8) is 0 Å². The minimum Gasteiger partial charge on any atom is -0.310 e. The zero-order chi connectivity index (χ0) is 59.3. The molecule has 0 bridgehead atoms. The first-order valence-corrected chi connectivity index (χ1v) is 31.3. The van der Waals surface area contributed by atoms with Crippen molar-refractivity contribution in [2.24, 2.45) is 0 Å². The van der Waals surface area contributed by atoms with Gasteiger partial charge in [-0.05, 0) is 183 Å². The van der Waals surface area contributed by atoms with E-state index in [4.69, 9.17) is 0 Å². The van der Waals surface area contributed by atoms with Gasteiger partial charge < -0.3 is 9.47 Å². The van der Waals surface area contributed by atoms with E-state index in [2.05, 4.69) is 361 Å². The van der Waals surface area contributed by atoms with Gasteiger partial charge >= 0.3 is 0 Å². The molecule has 90 heavy (non-hydrogen) atoms. The van der Waals surface area contributed by atoms with Crippen LogP contribution in [0, 0.1) is 0 Å². The Labute approximate surface area is 524 Å². The molecule has 0 N–H and O–H groups in total. The topological polar surface area (TPSA) is 8.17 Å². The second-order valence-electron chi connectivity index (χ2n) is 24.2. The lowest BCUT2D eigenvalue weighted by molar-refractivity contribution is 0.769. The number of hydrogen-bond donors (Lipinski definition) is 0. The lowest BCUT2D eigenvalue weighted by Crippen LogP contribution is -2.28. The van der Waals surface area contributed by atoms with Gasteiger partial charge in [-0.15, -0.1) is 0 Å². The number of fused-ring (bicyclic) bond motifs is 11. The zero-order valence-electron chi connectivity index (χ0n) is 49.4. The fourth-order valence-electron chi connectivity index (χ4n) is 16.1. The van der Waals surface area contributed by atoms with Gasteiger partial charge in [0.15, 0.2) is 0 Å². The molecule has 0 saturated heterocycles. The summed E-state index contributed by atoms with van der Waals surface area (Å²) in [7, 11) is 0. The normalized spacial score (nSPS) is 13.3. The molecule has 0 aliphatic heterocycles. The van der Waals surface area contributed by atoms with Gasteiger partial charge in [0.25, 0.3) is 0 Å². The van der Waals surface area contributed by atoms with Gasteiger partial charge in [-0.1, -0.05) is 279 Å². The molecule has 15 aromatic carbocycles. The molecule has 2 nitrogen and oxygen atoms in total. The quantitative estimate of drug-likeness (QED) is 0.124. The lowest BCUT2D eigenvalue weighted by atomic mass is 9.67. The Bertz CT molecular complexity index is 5320. The Kier molecular flexibility index (Phi) is 11.8. The Balaban J connectivity index is 0.912. The standard InChI is InChI=1S/C88H58N2/c1-6-26-61(27-7-1)87(62-28-8-2-9-29-62)79-42-22-18-36-69(79)71-53-46-59(56-81(71)87)85-75-40-16-17-41-76(75)86(60-47-54-72-70-37-19-23-43-80(70)88(82(72)57-60,63-30-10-3-11-31-63)64-32-12-4-13-33-64)78-58-68(52-55-77(78)85)89(65-34-14-5-15-35-65)66-48-50-67(51-49-66)90-83-44-24-20-38-73(83)74-39-21-25-45-84(74)90/h1-58H. The van der Waals surface area contributed by atoms with Gasteiger partial charge in [0.05, 0.1) is 21.9 Å². The van der Waals surface area contributed by atoms with Crippen molar-refractivity contribution in [3.8, 4) is 50.2 Å². The van der Waals surface area contributed by atoms with Crippen LogP contribution in [0.4, 0.5) is 17.1 Å². The molecular formula is C88H58N2. The van der Waals surface area contributed by atoms with Crippen LogP contribution in [0.3, 0.4) is 0 Å². The summed E-state index contributed by atoms with van der Waals surface area (Å²) in [6, 6.07) is 132. The number of hydrogen-bond acceptors (Lipinski definition) is 1. The number of nitrogens with zero attached hydrogens (tertiary/aromatic N) is 2. The smallest absolute Gasteiger partial charge is 0.0713 e. The van der Waals surface area contributed by atoms with Gasteiger partial charge in [-0.2, -0.15) is 0 Å². The summed E-state index contributed by atoms with van der Waals surface area (Å²) in [5, 5.41) is 7.25. The first-order chi connectivity index (χ1) is 44.7. The fourth-order valence-corrected chi connectivity index (χ4v) is 16.1. The first kappa shape index (κ1) is 51.6. The predicted molar refractivity (Wildman–Crippen MR) is 376 cm³/mol. The number of aromatic nitrogens is 1. The molecule has 0 amide bonds. The number of para-hydroxylation sites is 3. The molecule has 0 fully saturated rings. The molecular weight excluding hydrogens is 1080 g/mol. The first-order valence-electron chi connectivity index (χ1n) is 31.3. The molecule has 18 rings (SSSR count). The minimum atomic E-state index is -0.581. The molecule has 1 aromatic heterocycles. The van der Waals surface area contributed by atoms with Crippen LogP contribution < -0.4 is 4.90 Å². The van der Waals surface area contributed by atoms with Crippen molar-refractivity contribution < 1.29 is 0 Å². The van der Waals surface area contributed by atoms with E-state index in [1.54, 1.807) is 0 Å². The summed E-state index contributed by atoms with van der Waals surface area (Å²) in [6.07, 6.45) is 0. The van der Waals surface area contributed by atoms with Crippen molar-refractivity contribution in [1.82, 2.24) is 4.57 Å². The molecule has 0 radical (unpaired) electrons. The van der Waals surface area contributed by atoms with Crippen LogP contribution in [0.15, 0.2) is 352 Å². The third kappa shape index (κ3) is 7.52. The second-order valence-corrected chi connectivity index (χ2v) is 24.2. The van der Waals surface area contributed by atoms with E-state index >= 15 is 0 Å². The average Bonchev–Trinajstić information content (AvgIpc) is 1.58. The van der Waals surface area contributed by atoms with E-state index in [1.165, 1.54) is 132 Å². The van der Waals surface area contributed by atoms with Gasteiger partial charge in [-0.3, -0.25) is 0 Å². The van der Waals surface area contributed by atoms with E-state index in [9.17, 15) is 0 Å². The Morgan fingerprint density at radius 1 is 0.222 bits per heavy atom. The fraction of sp³-hybridized carbons (Fsp3) is 0.0227. The van der Waals surface area contributed by atoms with Crippen molar-refractivity contribution in [3.05, 3.63) is 396 Å². The third-order valence-corrected chi connectivity index (χ3v) is 19.7. The summed E-state index contributed by atoms with van der Waals surface area (Å²) < 4.78 is 2.40. The lowest BCUT2D eigenvalue weighted by Gasteiger charge is -2.34. The summed E-state index contributed by atoms with van der Waals surface area (Å²) in [6.45, 7) is 0. The molecule has 0 spiro atoms. The van der Waals surface area contributed by atoms with E-state index in [1.807, 2.05) is 0 Å². The van der Waals surface area contributed by atoms with Crippen molar-refractivity contribution in [1.29, 1.82) is 0 Å². The van der Waals surface area contributed by atoms with Gasteiger partial charge in [-0.25, -0.2) is 0 Å². The summed E-state index contributed by atoms with van der Waals surface area (Å²) in [5.41, 5.74) is 25.5. The average molecular weight is 1140 g/mol. The van der Waals surface area contributed by atoms with E-state index in [0.29, 0.717) is 0 Å². The molecule has 2 aliphatic rings. The molecule has 0 unspecified atom stereocenters. The highest BCUT2D eigenvalue weighted by Gasteiger charge is 2.48. The Morgan fingerprint density at radius 2 is 0.567 bits per heavy atom. The zero-order valence-corrected chi connectivity index (χ0v) is 49.4. The van der Waals surface area contributed by atoms with Crippen molar-refractivity contribution in [2.45, 2.75) is 10.8 Å². The largest absolute Gasteiger partial charge is 0.310 e.